The van der Waals surface area contributed by atoms with E-state index in [1.807, 2.05) is 13.8 Å². The minimum atomic E-state index is -0.394. The number of nitrogens with one attached hydrogen (secondary N) is 1. The number of carbonyl (C=O) groups excluding carboxylic acids is 1. The van der Waals surface area contributed by atoms with Gasteiger partial charge < -0.3 is 5.11 Å². The van der Waals surface area contributed by atoms with Gasteiger partial charge in [0, 0.05) is 6.61 Å². The molecule has 0 aromatic carbocycles. The zero-order valence-electron chi connectivity index (χ0n) is 7.42. The van der Waals surface area contributed by atoms with Crippen LogP contribution in [0.4, 0.5) is 0 Å². The van der Waals surface area contributed by atoms with E-state index in [0.29, 0.717) is 6.42 Å². The molecular formula is C7H18N2O2. The summed E-state index contributed by atoms with van der Waals surface area (Å²) >= 11 is 0. The summed E-state index contributed by atoms with van der Waals surface area (Å²) in [5, 5.41) is 8.37. The molecule has 4 nitrogen and oxygen atoms in total. The van der Waals surface area contributed by atoms with E-state index in [1.165, 1.54) is 6.92 Å². The number of aliphatic hydroxyl groups excluding tert-OH is 1. The topological polar surface area (TPSA) is 75.3 Å². The van der Waals surface area contributed by atoms with Crippen molar-refractivity contribution in [2.75, 3.05) is 6.61 Å². The molecule has 0 fully saturated rings. The molecule has 0 aliphatic rings. The molecule has 0 rings (SSSR count). The third-order valence-electron chi connectivity index (χ3n) is 1.11. The second kappa shape index (κ2) is 9.55. The summed E-state index contributed by atoms with van der Waals surface area (Å²) in [7, 11) is 0. The summed E-state index contributed by atoms with van der Waals surface area (Å²) in [6.45, 7) is 5.41. The molecule has 0 saturated carbocycles. The Morgan fingerprint density at radius 2 is 2.09 bits per heavy atom. The van der Waals surface area contributed by atoms with E-state index >= 15 is 0 Å². The monoisotopic (exact) mass is 162 g/mol. The van der Waals surface area contributed by atoms with Crippen LogP contribution < -0.4 is 11.3 Å². The molecule has 0 aromatic rings. The van der Waals surface area contributed by atoms with E-state index in [-0.39, 0.29) is 12.4 Å². The summed E-state index contributed by atoms with van der Waals surface area (Å²) in [6.07, 6.45) is 0.381. The summed E-state index contributed by atoms with van der Waals surface area (Å²) in [5.41, 5.74) is 2.29. The normalized spacial score (nSPS) is 11.4. The molecule has 4 heteroatoms. The first kappa shape index (κ1) is 13.2. The average Bonchev–Trinajstić information content (AvgIpc) is 2.03. The van der Waals surface area contributed by atoms with Crippen molar-refractivity contribution in [2.24, 2.45) is 5.84 Å². The van der Waals surface area contributed by atoms with Crippen molar-refractivity contribution in [1.29, 1.82) is 0 Å². The molecule has 68 valence electrons. The van der Waals surface area contributed by atoms with Gasteiger partial charge in [0.2, 0.25) is 0 Å². The third-order valence-corrected chi connectivity index (χ3v) is 1.11. The van der Waals surface area contributed by atoms with E-state index in [0.717, 1.165) is 0 Å². The van der Waals surface area contributed by atoms with Gasteiger partial charge in [0.15, 0.2) is 0 Å². The van der Waals surface area contributed by atoms with Crippen molar-refractivity contribution in [3.8, 4) is 0 Å². The van der Waals surface area contributed by atoms with Gasteiger partial charge in [-0.1, -0.05) is 13.8 Å². The summed E-state index contributed by atoms with van der Waals surface area (Å²) in [6, 6.07) is -0.394. The fourth-order valence-electron chi connectivity index (χ4n) is 0.533. The van der Waals surface area contributed by atoms with Gasteiger partial charge in [0.05, 0.1) is 6.04 Å². The lowest BCUT2D eigenvalue weighted by Crippen LogP contribution is -2.40. The fourth-order valence-corrected chi connectivity index (χ4v) is 0.533. The van der Waals surface area contributed by atoms with Crippen molar-refractivity contribution >= 4 is 5.78 Å². The molecule has 0 heterocycles. The first-order valence-corrected chi connectivity index (χ1v) is 3.79. The first-order valence-electron chi connectivity index (χ1n) is 3.79. The Kier molecular flexibility index (Phi) is 11.4. The van der Waals surface area contributed by atoms with Gasteiger partial charge in [0.25, 0.3) is 0 Å². The summed E-state index contributed by atoms with van der Waals surface area (Å²) in [4.78, 5) is 10.5. The molecule has 0 unspecified atom stereocenters. The van der Waals surface area contributed by atoms with E-state index in [9.17, 15) is 4.79 Å². The van der Waals surface area contributed by atoms with Crippen LogP contribution in [0.15, 0.2) is 0 Å². The standard InChI is InChI=1S/C5H12N2O2.C2H6/c1-4(9)5(7-6)2-3-8;1-2/h5,7-8H,2-3,6H2,1H3;1-2H3/t5-;/m0./s1. The zero-order valence-corrected chi connectivity index (χ0v) is 7.42. The maximum Gasteiger partial charge on any atom is 0.148 e. The van der Waals surface area contributed by atoms with E-state index in [2.05, 4.69) is 5.43 Å². The third kappa shape index (κ3) is 7.45. The van der Waals surface area contributed by atoms with E-state index < -0.39 is 6.04 Å². The second-order valence-corrected chi connectivity index (χ2v) is 1.84. The number of rotatable bonds is 4. The highest BCUT2D eigenvalue weighted by atomic mass is 16.3. The number of hydrazine groups is 1. The quantitative estimate of drug-likeness (QED) is 0.396. The average molecular weight is 162 g/mol. The highest BCUT2D eigenvalue weighted by Crippen LogP contribution is 1.88. The SMILES string of the molecule is CC.CC(=O)[C@H](CCO)NN. The molecule has 0 aromatic heterocycles. The van der Waals surface area contributed by atoms with Crippen LogP contribution in [0.3, 0.4) is 0 Å². The minimum absolute atomic E-state index is 0.0194. The molecule has 0 aliphatic carbocycles. The van der Waals surface area contributed by atoms with Gasteiger partial charge in [-0.3, -0.25) is 10.6 Å². The minimum Gasteiger partial charge on any atom is -0.396 e. The smallest absolute Gasteiger partial charge is 0.148 e. The second-order valence-electron chi connectivity index (χ2n) is 1.84. The first-order chi connectivity index (χ1) is 5.22. The molecule has 4 N–H and O–H groups in total. The molecule has 0 aliphatic heterocycles. The molecule has 0 radical (unpaired) electrons. The Balaban J connectivity index is 0. The number of hydrogen-bond acceptors (Lipinski definition) is 4. The Morgan fingerprint density at radius 1 is 1.64 bits per heavy atom. The van der Waals surface area contributed by atoms with Gasteiger partial charge in [-0.25, -0.2) is 5.43 Å². The van der Waals surface area contributed by atoms with Crippen molar-refractivity contribution in [3.63, 3.8) is 0 Å². The molecule has 0 saturated heterocycles. The predicted octanol–water partition coefficient (Wildman–Crippen LogP) is -0.184. The highest BCUT2D eigenvalue weighted by molar-refractivity contribution is 5.81. The number of Topliss-reactive ketones (excluding diaryl/α,β-unsaturated/α-hetero) is 1. The maximum atomic E-state index is 10.5. The van der Waals surface area contributed by atoms with Crippen LogP contribution in [0.2, 0.25) is 0 Å². The van der Waals surface area contributed by atoms with Crippen LogP contribution in [0.5, 0.6) is 0 Å². The van der Waals surface area contributed by atoms with Crippen LogP contribution in [0, 0.1) is 0 Å². The van der Waals surface area contributed by atoms with Crippen LogP contribution in [-0.2, 0) is 4.79 Å². The number of hydrogen-bond donors (Lipinski definition) is 3. The van der Waals surface area contributed by atoms with Gasteiger partial charge in [-0.2, -0.15) is 0 Å². The summed E-state index contributed by atoms with van der Waals surface area (Å²) in [5.74, 6) is 4.93. The lowest BCUT2D eigenvalue weighted by Gasteiger charge is -2.08. The van der Waals surface area contributed by atoms with Crippen molar-refractivity contribution < 1.29 is 9.90 Å². The Bertz CT molecular complexity index is 96.4. The van der Waals surface area contributed by atoms with Crippen LogP contribution in [0.25, 0.3) is 0 Å². The van der Waals surface area contributed by atoms with Crippen molar-refractivity contribution in [3.05, 3.63) is 0 Å². The zero-order chi connectivity index (χ0) is 9.28. The molecule has 1 atom stereocenters. The highest BCUT2D eigenvalue weighted by Gasteiger charge is 2.09. The fraction of sp³-hybridized carbons (Fsp3) is 0.857. The van der Waals surface area contributed by atoms with Gasteiger partial charge >= 0.3 is 0 Å². The predicted molar refractivity (Wildman–Crippen MR) is 44.8 cm³/mol. The van der Waals surface area contributed by atoms with Crippen LogP contribution in [0.1, 0.15) is 27.2 Å². The molecule has 0 spiro atoms. The number of nitrogens with two attached hydrogens (primary N) is 1. The maximum absolute atomic E-state index is 10.5. The molecule has 11 heavy (non-hydrogen) atoms. The van der Waals surface area contributed by atoms with Crippen molar-refractivity contribution in [1.82, 2.24) is 5.43 Å². The Hall–Kier alpha value is -0.450. The van der Waals surface area contributed by atoms with Gasteiger partial charge in [0.1, 0.15) is 5.78 Å². The summed E-state index contributed by atoms with van der Waals surface area (Å²) < 4.78 is 0. The Morgan fingerprint density at radius 3 is 2.18 bits per heavy atom. The molecule has 0 amide bonds. The van der Waals surface area contributed by atoms with Crippen molar-refractivity contribution in [2.45, 2.75) is 33.2 Å². The lowest BCUT2D eigenvalue weighted by atomic mass is 10.1. The lowest BCUT2D eigenvalue weighted by molar-refractivity contribution is -0.119. The van der Waals surface area contributed by atoms with E-state index in [1.54, 1.807) is 0 Å². The van der Waals surface area contributed by atoms with Gasteiger partial charge in [-0.15, -0.1) is 0 Å². The van der Waals surface area contributed by atoms with Crippen LogP contribution >= 0.6 is 0 Å². The van der Waals surface area contributed by atoms with Crippen LogP contribution in [-0.4, -0.2) is 23.5 Å². The number of ketones is 1. The molecular weight excluding hydrogens is 144 g/mol. The largest absolute Gasteiger partial charge is 0.396 e. The number of carbonyl (C=O) groups is 1. The van der Waals surface area contributed by atoms with Gasteiger partial charge in [-0.05, 0) is 13.3 Å². The Labute approximate surface area is 67.8 Å². The van der Waals surface area contributed by atoms with E-state index in [4.69, 9.17) is 10.9 Å². The number of aliphatic hydroxyl groups is 1. The molecule has 0 bridgehead atoms.